The summed E-state index contributed by atoms with van der Waals surface area (Å²) in [5, 5.41) is 9.83. The molecule has 7 nitrogen and oxygen atoms in total. The minimum absolute atomic E-state index is 0.392. The summed E-state index contributed by atoms with van der Waals surface area (Å²) >= 11 is 0. The molecule has 0 bridgehead atoms. The summed E-state index contributed by atoms with van der Waals surface area (Å²) in [6.07, 6.45) is -2.52. The highest BCUT2D eigenvalue weighted by Gasteiger charge is 2.50. The number of carbonyl (C=O) groups excluding carboxylic acids is 1. The second kappa shape index (κ2) is 8.89. The van der Waals surface area contributed by atoms with Crippen molar-refractivity contribution in [2.75, 3.05) is 7.11 Å². The van der Waals surface area contributed by atoms with E-state index >= 15 is 0 Å². The molecule has 3 aromatic rings. The minimum Gasteiger partial charge on any atom is -0.497 e. The Morgan fingerprint density at radius 1 is 0.871 bits per heavy atom. The first-order valence-electron chi connectivity index (χ1n) is 9.70. The maximum atomic E-state index is 13.5. The second-order valence-corrected chi connectivity index (χ2v) is 6.93. The van der Waals surface area contributed by atoms with Gasteiger partial charge in [0.2, 0.25) is 0 Å². The molecule has 0 radical (unpaired) electrons. The number of carboxylic acid groups (broad SMARTS) is 1. The number of rotatable bonds is 6. The van der Waals surface area contributed by atoms with E-state index in [9.17, 15) is 14.7 Å². The molecule has 158 valence electrons. The Hall–Kier alpha value is -3.84. The van der Waals surface area contributed by atoms with Crippen LogP contribution in [-0.2, 0) is 9.53 Å². The first kappa shape index (κ1) is 20.4. The van der Waals surface area contributed by atoms with Crippen LogP contribution in [0.2, 0.25) is 0 Å². The number of carboxylic acids is 1. The molecule has 0 unspecified atom stereocenters. The van der Waals surface area contributed by atoms with Crippen LogP contribution in [0.3, 0.4) is 0 Å². The summed E-state index contributed by atoms with van der Waals surface area (Å²) in [4.78, 5) is 26.8. The van der Waals surface area contributed by atoms with Crippen molar-refractivity contribution in [2.24, 2.45) is 0 Å². The molecular formula is C24H21NO6. The molecule has 0 aromatic heterocycles. The van der Waals surface area contributed by atoms with Crippen molar-refractivity contribution >= 4 is 11.9 Å². The molecule has 0 spiro atoms. The number of benzene rings is 3. The zero-order valence-electron chi connectivity index (χ0n) is 16.8. The molecular weight excluding hydrogens is 398 g/mol. The molecule has 1 heterocycles. The van der Waals surface area contributed by atoms with E-state index < -0.39 is 30.4 Å². The predicted molar refractivity (Wildman–Crippen MR) is 112 cm³/mol. The predicted octanol–water partition coefficient (Wildman–Crippen LogP) is 3.72. The van der Waals surface area contributed by atoms with Gasteiger partial charge in [-0.3, -0.25) is 9.69 Å². The number of aliphatic carboxylic acids is 1. The summed E-state index contributed by atoms with van der Waals surface area (Å²) < 4.78 is 16.8. The number of methoxy groups -OCH3 is 1. The Morgan fingerprint density at radius 2 is 1.45 bits per heavy atom. The van der Waals surface area contributed by atoms with Crippen molar-refractivity contribution in [1.82, 2.24) is 4.90 Å². The lowest BCUT2D eigenvalue weighted by molar-refractivity contribution is -0.162. The van der Waals surface area contributed by atoms with Gasteiger partial charge in [-0.2, -0.15) is 0 Å². The van der Waals surface area contributed by atoms with Crippen molar-refractivity contribution in [3.8, 4) is 11.5 Å². The zero-order chi connectivity index (χ0) is 21.8. The minimum atomic E-state index is -1.29. The molecule has 1 fully saturated rings. The van der Waals surface area contributed by atoms with E-state index in [4.69, 9.17) is 14.2 Å². The molecule has 0 aliphatic carbocycles. The number of nitrogens with zero attached hydrogens (tertiary/aromatic N) is 1. The largest absolute Gasteiger partial charge is 0.497 e. The van der Waals surface area contributed by atoms with Crippen LogP contribution >= 0.6 is 0 Å². The number of hydrogen-bond acceptors (Lipinski definition) is 5. The van der Waals surface area contributed by atoms with Crippen LogP contribution in [0, 0.1) is 0 Å². The standard InChI is InChI=1S/C24H21NO6/c1-29-18-12-14-19(15-13-18)30-24-25(22(26)17-10-6-3-7-11-17)20(21(31-24)23(27)28)16-8-4-2-5-9-16/h2-15,20-21,24H,1H3,(H,27,28)/t20-,21+,24+/m0/s1. The molecule has 1 amide bonds. The van der Waals surface area contributed by atoms with Gasteiger partial charge in [-0.25, -0.2) is 4.79 Å². The summed E-state index contributed by atoms with van der Waals surface area (Å²) in [5.41, 5.74) is 1.04. The monoisotopic (exact) mass is 419 g/mol. The third kappa shape index (κ3) is 4.22. The first-order valence-corrected chi connectivity index (χ1v) is 9.70. The lowest BCUT2D eigenvalue weighted by atomic mass is 10.00. The second-order valence-electron chi connectivity index (χ2n) is 6.93. The molecule has 1 saturated heterocycles. The molecule has 0 saturated carbocycles. The SMILES string of the molecule is COc1ccc(O[C@@H]2O[C@@H](C(=O)O)[C@H](c3ccccc3)N2C(=O)c2ccccc2)cc1. The van der Waals surface area contributed by atoms with Crippen LogP contribution in [0.4, 0.5) is 0 Å². The van der Waals surface area contributed by atoms with Crippen molar-refractivity contribution in [3.63, 3.8) is 0 Å². The molecule has 1 N–H and O–H groups in total. The molecule has 1 aliphatic rings. The lowest BCUT2D eigenvalue weighted by Gasteiger charge is -2.28. The third-order valence-electron chi connectivity index (χ3n) is 5.01. The number of hydrogen-bond donors (Lipinski definition) is 1. The van der Waals surface area contributed by atoms with E-state index in [1.54, 1.807) is 86.0 Å². The van der Waals surface area contributed by atoms with Crippen molar-refractivity contribution in [2.45, 2.75) is 18.6 Å². The summed E-state index contributed by atoms with van der Waals surface area (Å²) in [7, 11) is 1.55. The summed E-state index contributed by atoms with van der Waals surface area (Å²) in [6.45, 7) is 0. The van der Waals surface area contributed by atoms with Crippen molar-refractivity contribution in [3.05, 3.63) is 96.1 Å². The Morgan fingerprint density at radius 3 is 2.03 bits per heavy atom. The quantitative estimate of drug-likeness (QED) is 0.655. The van der Waals surface area contributed by atoms with Crippen LogP contribution in [-0.4, -0.2) is 41.5 Å². The van der Waals surface area contributed by atoms with Gasteiger partial charge in [0, 0.05) is 5.56 Å². The van der Waals surface area contributed by atoms with E-state index in [1.165, 1.54) is 4.90 Å². The van der Waals surface area contributed by atoms with Crippen LogP contribution in [0.5, 0.6) is 11.5 Å². The van der Waals surface area contributed by atoms with Gasteiger partial charge in [0.05, 0.1) is 7.11 Å². The maximum absolute atomic E-state index is 13.5. The van der Waals surface area contributed by atoms with Crippen molar-refractivity contribution in [1.29, 1.82) is 0 Å². The Labute approximate surface area is 179 Å². The lowest BCUT2D eigenvalue weighted by Crippen LogP contribution is -2.41. The smallest absolute Gasteiger partial charge is 0.335 e. The highest BCUT2D eigenvalue weighted by molar-refractivity contribution is 5.95. The van der Waals surface area contributed by atoms with E-state index in [-0.39, 0.29) is 0 Å². The van der Waals surface area contributed by atoms with Gasteiger partial charge < -0.3 is 19.3 Å². The van der Waals surface area contributed by atoms with Crippen LogP contribution in [0.15, 0.2) is 84.9 Å². The highest BCUT2D eigenvalue weighted by Crippen LogP contribution is 2.38. The fourth-order valence-corrected chi connectivity index (χ4v) is 3.53. The molecule has 3 aromatic carbocycles. The van der Waals surface area contributed by atoms with Gasteiger partial charge in [0.25, 0.3) is 12.3 Å². The summed E-state index contributed by atoms with van der Waals surface area (Å²) in [5.74, 6) is -0.519. The average Bonchev–Trinajstić information content (AvgIpc) is 3.19. The van der Waals surface area contributed by atoms with Gasteiger partial charge >= 0.3 is 5.97 Å². The molecule has 1 aliphatic heterocycles. The molecule has 31 heavy (non-hydrogen) atoms. The topological polar surface area (TPSA) is 85.3 Å². The first-order chi connectivity index (χ1) is 15.1. The third-order valence-corrected chi connectivity index (χ3v) is 5.01. The summed E-state index contributed by atoms with van der Waals surface area (Å²) in [6, 6.07) is 23.4. The van der Waals surface area contributed by atoms with Crippen LogP contribution < -0.4 is 9.47 Å². The Kier molecular flexibility index (Phi) is 5.86. The van der Waals surface area contributed by atoms with Crippen LogP contribution in [0.1, 0.15) is 22.0 Å². The molecule has 7 heteroatoms. The Balaban J connectivity index is 1.74. The average molecular weight is 419 g/mol. The maximum Gasteiger partial charge on any atom is 0.335 e. The molecule has 3 atom stereocenters. The zero-order valence-corrected chi connectivity index (χ0v) is 16.8. The number of carbonyl (C=O) groups is 2. The highest BCUT2D eigenvalue weighted by atomic mass is 16.7. The van der Waals surface area contributed by atoms with Gasteiger partial charge in [0.15, 0.2) is 6.10 Å². The van der Waals surface area contributed by atoms with Crippen LogP contribution in [0.25, 0.3) is 0 Å². The van der Waals surface area contributed by atoms with Crippen molar-refractivity contribution < 1.29 is 28.9 Å². The van der Waals surface area contributed by atoms with Gasteiger partial charge in [-0.1, -0.05) is 48.5 Å². The number of amides is 1. The van der Waals surface area contributed by atoms with E-state index in [0.717, 1.165) is 0 Å². The molecule has 4 rings (SSSR count). The van der Waals surface area contributed by atoms with E-state index in [2.05, 4.69) is 0 Å². The van der Waals surface area contributed by atoms with E-state index in [0.29, 0.717) is 22.6 Å². The Bertz CT molecular complexity index is 1040. The van der Waals surface area contributed by atoms with Gasteiger partial charge in [0.1, 0.15) is 17.5 Å². The van der Waals surface area contributed by atoms with E-state index in [1.807, 2.05) is 6.07 Å². The number of ether oxygens (including phenoxy) is 3. The normalized spacial score (nSPS) is 20.3. The fourth-order valence-electron chi connectivity index (χ4n) is 3.53. The van der Waals surface area contributed by atoms with Gasteiger partial charge in [-0.15, -0.1) is 0 Å². The van der Waals surface area contributed by atoms with Gasteiger partial charge in [-0.05, 0) is 42.0 Å². The fraction of sp³-hybridized carbons (Fsp3) is 0.167.